The zero-order valence-corrected chi connectivity index (χ0v) is 11.9. The standard InChI is InChI=1S/C17H14O2S/c1-11-6-7-15(17(18)19)13(8-11)10-14-9-12-4-2-3-5-16(12)20-14/h2-9H,10H2,1H3,(H,18,19). The molecule has 0 atom stereocenters. The first-order valence-electron chi connectivity index (χ1n) is 6.44. The van der Waals surface area contributed by atoms with Gasteiger partial charge in [0.1, 0.15) is 0 Å². The summed E-state index contributed by atoms with van der Waals surface area (Å²) in [7, 11) is 0. The Morgan fingerprint density at radius 2 is 1.95 bits per heavy atom. The highest BCUT2D eigenvalue weighted by molar-refractivity contribution is 7.19. The fourth-order valence-corrected chi connectivity index (χ4v) is 3.48. The summed E-state index contributed by atoms with van der Waals surface area (Å²) in [6, 6.07) is 15.9. The van der Waals surface area contributed by atoms with E-state index >= 15 is 0 Å². The Balaban J connectivity index is 2.01. The molecule has 0 unspecified atom stereocenters. The van der Waals surface area contributed by atoms with Gasteiger partial charge in [-0.05, 0) is 36.1 Å². The van der Waals surface area contributed by atoms with E-state index in [9.17, 15) is 9.90 Å². The Hall–Kier alpha value is -2.13. The Bertz CT molecular complexity index is 754. The van der Waals surface area contributed by atoms with Gasteiger partial charge in [0.2, 0.25) is 0 Å². The highest BCUT2D eigenvalue weighted by atomic mass is 32.1. The third-order valence-corrected chi connectivity index (χ3v) is 4.45. The van der Waals surface area contributed by atoms with E-state index in [2.05, 4.69) is 18.2 Å². The van der Waals surface area contributed by atoms with Crippen molar-refractivity contribution < 1.29 is 9.90 Å². The van der Waals surface area contributed by atoms with Crippen LogP contribution in [0.15, 0.2) is 48.5 Å². The van der Waals surface area contributed by atoms with Gasteiger partial charge in [0.05, 0.1) is 5.56 Å². The van der Waals surface area contributed by atoms with E-state index in [0.717, 1.165) is 11.1 Å². The molecule has 1 aromatic heterocycles. The first kappa shape index (κ1) is 12.9. The molecule has 0 aliphatic carbocycles. The van der Waals surface area contributed by atoms with Crippen molar-refractivity contribution in [3.63, 3.8) is 0 Å². The van der Waals surface area contributed by atoms with Gasteiger partial charge >= 0.3 is 5.97 Å². The van der Waals surface area contributed by atoms with Crippen LogP contribution in [0, 0.1) is 6.92 Å². The van der Waals surface area contributed by atoms with Crippen LogP contribution < -0.4 is 0 Å². The van der Waals surface area contributed by atoms with Crippen molar-refractivity contribution in [2.24, 2.45) is 0 Å². The molecule has 0 spiro atoms. The predicted octanol–water partition coefficient (Wildman–Crippen LogP) is 4.50. The number of carboxylic acid groups (broad SMARTS) is 1. The molecule has 2 aromatic carbocycles. The van der Waals surface area contributed by atoms with Crippen LogP contribution >= 0.6 is 11.3 Å². The van der Waals surface area contributed by atoms with Crippen LogP contribution in [0.1, 0.15) is 26.4 Å². The molecule has 20 heavy (non-hydrogen) atoms. The van der Waals surface area contributed by atoms with E-state index < -0.39 is 5.97 Å². The van der Waals surface area contributed by atoms with Crippen LogP contribution in [0.4, 0.5) is 0 Å². The molecule has 0 saturated heterocycles. The van der Waals surface area contributed by atoms with Gasteiger partial charge in [-0.2, -0.15) is 0 Å². The highest BCUT2D eigenvalue weighted by Crippen LogP contribution is 2.28. The van der Waals surface area contributed by atoms with Crippen molar-refractivity contribution in [1.82, 2.24) is 0 Å². The first-order chi connectivity index (χ1) is 9.63. The molecule has 1 N–H and O–H groups in total. The Kier molecular flexibility index (Phi) is 3.28. The molecule has 3 aromatic rings. The van der Waals surface area contributed by atoms with E-state index in [1.165, 1.54) is 15.0 Å². The minimum absolute atomic E-state index is 0.396. The molecule has 2 nitrogen and oxygen atoms in total. The Morgan fingerprint density at radius 3 is 2.70 bits per heavy atom. The van der Waals surface area contributed by atoms with E-state index in [-0.39, 0.29) is 0 Å². The zero-order valence-electron chi connectivity index (χ0n) is 11.1. The molecule has 0 amide bonds. The van der Waals surface area contributed by atoms with E-state index in [0.29, 0.717) is 12.0 Å². The van der Waals surface area contributed by atoms with Crippen LogP contribution in [-0.4, -0.2) is 11.1 Å². The summed E-state index contributed by atoms with van der Waals surface area (Å²) in [5.74, 6) is -0.860. The summed E-state index contributed by atoms with van der Waals surface area (Å²) >= 11 is 1.73. The van der Waals surface area contributed by atoms with Crippen molar-refractivity contribution in [2.45, 2.75) is 13.3 Å². The van der Waals surface area contributed by atoms with Crippen molar-refractivity contribution in [3.8, 4) is 0 Å². The van der Waals surface area contributed by atoms with Gasteiger partial charge in [-0.25, -0.2) is 4.79 Å². The summed E-state index contributed by atoms with van der Waals surface area (Å²) in [5, 5.41) is 10.5. The molecule has 0 saturated carbocycles. The molecule has 3 heteroatoms. The van der Waals surface area contributed by atoms with Crippen molar-refractivity contribution in [2.75, 3.05) is 0 Å². The lowest BCUT2D eigenvalue weighted by atomic mass is 10.0. The quantitative estimate of drug-likeness (QED) is 0.768. The Morgan fingerprint density at radius 1 is 1.15 bits per heavy atom. The number of benzene rings is 2. The van der Waals surface area contributed by atoms with Crippen LogP contribution in [0.3, 0.4) is 0 Å². The highest BCUT2D eigenvalue weighted by Gasteiger charge is 2.11. The predicted molar refractivity (Wildman–Crippen MR) is 82.8 cm³/mol. The van der Waals surface area contributed by atoms with Gasteiger partial charge in [0, 0.05) is 16.0 Å². The monoisotopic (exact) mass is 282 g/mol. The largest absolute Gasteiger partial charge is 0.478 e. The summed E-state index contributed by atoms with van der Waals surface area (Å²) in [4.78, 5) is 12.5. The molecule has 0 aliphatic rings. The summed E-state index contributed by atoms with van der Waals surface area (Å²) < 4.78 is 1.24. The topological polar surface area (TPSA) is 37.3 Å². The minimum atomic E-state index is -0.860. The van der Waals surface area contributed by atoms with Crippen molar-refractivity contribution in [3.05, 3.63) is 70.1 Å². The molecule has 3 rings (SSSR count). The maximum atomic E-state index is 11.3. The van der Waals surface area contributed by atoms with Gasteiger partial charge in [0.15, 0.2) is 0 Å². The van der Waals surface area contributed by atoms with Crippen LogP contribution in [-0.2, 0) is 6.42 Å². The number of aromatic carboxylic acids is 1. The summed E-state index contributed by atoms with van der Waals surface area (Å²) in [6.45, 7) is 1.99. The minimum Gasteiger partial charge on any atom is -0.478 e. The van der Waals surface area contributed by atoms with Gasteiger partial charge in [-0.15, -0.1) is 11.3 Å². The normalized spacial score (nSPS) is 10.8. The van der Waals surface area contributed by atoms with Crippen molar-refractivity contribution in [1.29, 1.82) is 0 Å². The number of aryl methyl sites for hydroxylation is 1. The fraction of sp³-hybridized carbons (Fsp3) is 0.118. The smallest absolute Gasteiger partial charge is 0.335 e. The molecule has 0 radical (unpaired) electrons. The average Bonchev–Trinajstić information content (AvgIpc) is 2.80. The third kappa shape index (κ3) is 2.45. The van der Waals surface area contributed by atoms with Gasteiger partial charge < -0.3 is 5.11 Å². The fourth-order valence-electron chi connectivity index (χ4n) is 2.39. The molecule has 100 valence electrons. The maximum absolute atomic E-state index is 11.3. The van der Waals surface area contributed by atoms with E-state index in [1.807, 2.05) is 31.2 Å². The number of carbonyl (C=O) groups is 1. The lowest BCUT2D eigenvalue weighted by molar-refractivity contribution is 0.0696. The molecular formula is C17H14O2S. The summed E-state index contributed by atoms with van der Waals surface area (Å²) in [5.41, 5.74) is 2.36. The lowest BCUT2D eigenvalue weighted by Gasteiger charge is -2.06. The van der Waals surface area contributed by atoms with E-state index in [1.54, 1.807) is 17.4 Å². The van der Waals surface area contributed by atoms with Crippen LogP contribution in [0.5, 0.6) is 0 Å². The number of hydrogen-bond donors (Lipinski definition) is 1. The number of thiophene rings is 1. The lowest BCUT2D eigenvalue weighted by Crippen LogP contribution is -2.02. The number of hydrogen-bond acceptors (Lipinski definition) is 2. The first-order valence-corrected chi connectivity index (χ1v) is 7.25. The van der Waals surface area contributed by atoms with Crippen molar-refractivity contribution >= 4 is 27.4 Å². The molecule has 1 heterocycles. The third-order valence-electron chi connectivity index (χ3n) is 3.33. The molecule has 0 bridgehead atoms. The van der Waals surface area contributed by atoms with Gasteiger partial charge in [0.25, 0.3) is 0 Å². The second-order valence-corrected chi connectivity index (χ2v) is 6.06. The average molecular weight is 282 g/mol. The molecule has 0 fully saturated rings. The van der Waals surface area contributed by atoms with Crippen LogP contribution in [0.2, 0.25) is 0 Å². The Labute approximate surface area is 121 Å². The zero-order chi connectivity index (χ0) is 14.1. The second kappa shape index (κ2) is 5.10. The number of carboxylic acids is 1. The summed E-state index contributed by atoms with van der Waals surface area (Å²) in [6.07, 6.45) is 0.669. The van der Waals surface area contributed by atoms with E-state index in [4.69, 9.17) is 0 Å². The van der Waals surface area contributed by atoms with Crippen LogP contribution in [0.25, 0.3) is 10.1 Å². The second-order valence-electron chi connectivity index (χ2n) is 4.89. The van der Waals surface area contributed by atoms with Gasteiger partial charge in [-0.3, -0.25) is 0 Å². The SMILES string of the molecule is Cc1ccc(C(=O)O)c(Cc2cc3ccccc3s2)c1. The van der Waals surface area contributed by atoms with Gasteiger partial charge in [-0.1, -0.05) is 35.9 Å². The maximum Gasteiger partial charge on any atom is 0.335 e. The number of fused-ring (bicyclic) bond motifs is 1. The molecular weight excluding hydrogens is 268 g/mol. The molecule has 0 aliphatic heterocycles. The number of rotatable bonds is 3.